The highest BCUT2D eigenvalue weighted by molar-refractivity contribution is 7.91. The minimum atomic E-state index is -3.19. The summed E-state index contributed by atoms with van der Waals surface area (Å²) in [6.45, 7) is 0. The van der Waals surface area contributed by atoms with Crippen LogP contribution < -0.4 is 0 Å². The molecule has 18 heavy (non-hydrogen) atoms. The van der Waals surface area contributed by atoms with E-state index in [1.165, 1.54) is 0 Å². The topological polar surface area (TPSA) is 54.4 Å². The molecule has 0 amide bonds. The molecule has 0 spiro atoms. The van der Waals surface area contributed by atoms with Gasteiger partial charge in [-0.05, 0) is 37.3 Å². The van der Waals surface area contributed by atoms with E-state index in [1.807, 2.05) is 6.07 Å². The van der Waals surface area contributed by atoms with E-state index in [4.69, 9.17) is 0 Å². The zero-order valence-corrected chi connectivity index (χ0v) is 11.3. The summed E-state index contributed by atoms with van der Waals surface area (Å²) in [5.74, 6) is 0.288. The van der Waals surface area contributed by atoms with Crippen molar-refractivity contribution in [2.75, 3.05) is 5.75 Å². The van der Waals surface area contributed by atoms with Crippen LogP contribution in [0.1, 0.15) is 32.1 Å². The van der Waals surface area contributed by atoms with E-state index in [0.29, 0.717) is 11.3 Å². The Morgan fingerprint density at radius 3 is 2.44 bits per heavy atom. The Balaban J connectivity index is 1.97. The molecule has 1 saturated carbocycles. The number of benzene rings is 1. The van der Waals surface area contributed by atoms with Gasteiger partial charge in [-0.25, -0.2) is 8.42 Å². The van der Waals surface area contributed by atoms with Crippen molar-refractivity contribution in [3.63, 3.8) is 0 Å². The summed E-state index contributed by atoms with van der Waals surface area (Å²) in [6, 6.07) is 8.55. The van der Waals surface area contributed by atoms with E-state index in [2.05, 4.69) is 0 Å². The van der Waals surface area contributed by atoms with Crippen molar-refractivity contribution in [1.29, 1.82) is 0 Å². The second kappa shape index (κ2) is 5.85. The van der Waals surface area contributed by atoms with E-state index < -0.39 is 9.84 Å². The first-order chi connectivity index (χ1) is 8.59. The van der Waals surface area contributed by atoms with Gasteiger partial charge in [-0.1, -0.05) is 31.0 Å². The lowest BCUT2D eigenvalue weighted by molar-refractivity contribution is 0.0683. The fraction of sp³-hybridized carbons (Fsp3) is 0.571. The first kappa shape index (κ1) is 13.6. The Bertz CT molecular complexity index is 467. The number of hydrogen-bond donors (Lipinski definition) is 1. The number of rotatable bonds is 4. The zero-order chi connectivity index (χ0) is 13.0. The van der Waals surface area contributed by atoms with Gasteiger partial charge in [0.1, 0.15) is 0 Å². The molecule has 100 valence electrons. The van der Waals surface area contributed by atoms with Crippen LogP contribution in [0.2, 0.25) is 0 Å². The van der Waals surface area contributed by atoms with Gasteiger partial charge in [0, 0.05) is 0 Å². The maximum Gasteiger partial charge on any atom is 0.178 e. The van der Waals surface area contributed by atoms with Gasteiger partial charge in [0.2, 0.25) is 0 Å². The van der Waals surface area contributed by atoms with Crippen molar-refractivity contribution < 1.29 is 13.5 Å². The third kappa shape index (κ3) is 3.33. The molecule has 0 radical (unpaired) electrons. The van der Waals surface area contributed by atoms with Gasteiger partial charge in [0.25, 0.3) is 0 Å². The standard InChI is InChI=1S/C14H20O3S/c15-14-9-5-4-6-12(14)10-11-18(16,17)13-7-2-1-3-8-13/h1-3,7-8,12,14-15H,4-6,9-11H2/t12-,14+/m1/s1. The molecule has 0 bridgehead atoms. The zero-order valence-electron chi connectivity index (χ0n) is 10.5. The Hall–Kier alpha value is -0.870. The van der Waals surface area contributed by atoms with Crippen LogP contribution in [-0.2, 0) is 9.84 Å². The van der Waals surface area contributed by atoms with Crippen molar-refractivity contribution in [3.05, 3.63) is 30.3 Å². The van der Waals surface area contributed by atoms with E-state index in [-0.39, 0.29) is 17.8 Å². The van der Waals surface area contributed by atoms with E-state index in [9.17, 15) is 13.5 Å². The molecule has 2 rings (SSSR count). The Labute approximate surface area is 109 Å². The monoisotopic (exact) mass is 268 g/mol. The van der Waals surface area contributed by atoms with Crippen LogP contribution in [0.3, 0.4) is 0 Å². The maximum atomic E-state index is 12.1. The predicted molar refractivity (Wildman–Crippen MR) is 71.1 cm³/mol. The van der Waals surface area contributed by atoms with Crippen LogP contribution >= 0.6 is 0 Å². The van der Waals surface area contributed by atoms with Gasteiger partial charge in [0.15, 0.2) is 9.84 Å². The molecule has 0 aromatic heterocycles. The van der Waals surface area contributed by atoms with Crippen LogP contribution in [0.15, 0.2) is 35.2 Å². The van der Waals surface area contributed by atoms with E-state index in [1.54, 1.807) is 24.3 Å². The number of sulfone groups is 1. The Morgan fingerprint density at radius 2 is 1.78 bits per heavy atom. The lowest BCUT2D eigenvalue weighted by Gasteiger charge is -2.27. The van der Waals surface area contributed by atoms with Crippen LogP contribution in [0.5, 0.6) is 0 Å². The SMILES string of the molecule is O=S(=O)(CC[C@H]1CCCC[C@@H]1O)c1ccccc1. The molecule has 0 unspecified atom stereocenters. The molecular formula is C14H20O3S. The van der Waals surface area contributed by atoms with Gasteiger partial charge >= 0.3 is 0 Å². The summed E-state index contributed by atoms with van der Waals surface area (Å²) in [5.41, 5.74) is 0. The predicted octanol–water partition coefficient (Wildman–Crippen LogP) is 2.40. The molecule has 0 saturated heterocycles. The average molecular weight is 268 g/mol. The first-order valence-electron chi connectivity index (χ1n) is 6.55. The summed E-state index contributed by atoms with van der Waals surface area (Å²) in [4.78, 5) is 0.385. The lowest BCUT2D eigenvalue weighted by atomic mass is 9.85. The number of hydrogen-bond acceptors (Lipinski definition) is 3. The Kier molecular flexibility index (Phi) is 4.40. The number of aliphatic hydroxyl groups is 1. The highest BCUT2D eigenvalue weighted by Gasteiger charge is 2.25. The fourth-order valence-electron chi connectivity index (χ4n) is 2.58. The molecule has 2 atom stereocenters. The van der Waals surface area contributed by atoms with Gasteiger partial charge in [-0.3, -0.25) is 0 Å². The van der Waals surface area contributed by atoms with Crippen LogP contribution in [0.4, 0.5) is 0 Å². The molecule has 1 fully saturated rings. The third-order valence-corrected chi connectivity index (χ3v) is 5.49. The summed E-state index contributed by atoms with van der Waals surface area (Å²) < 4.78 is 24.2. The first-order valence-corrected chi connectivity index (χ1v) is 8.21. The minimum Gasteiger partial charge on any atom is -0.393 e. The summed E-state index contributed by atoms with van der Waals surface area (Å²) in [6.07, 6.45) is 4.18. The second-order valence-electron chi connectivity index (χ2n) is 5.03. The molecule has 1 aromatic rings. The molecule has 1 aliphatic carbocycles. The molecule has 0 heterocycles. The second-order valence-corrected chi connectivity index (χ2v) is 7.14. The normalized spacial score (nSPS) is 24.9. The molecule has 4 heteroatoms. The molecule has 1 N–H and O–H groups in total. The minimum absolute atomic E-state index is 0.138. The van der Waals surface area contributed by atoms with Crippen molar-refractivity contribution in [1.82, 2.24) is 0 Å². The van der Waals surface area contributed by atoms with Crippen molar-refractivity contribution in [3.8, 4) is 0 Å². The van der Waals surface area contributed by atoms with E-state index in [0.717, 1.165) is 25.7 Å². The van der Waals surface area contributed by atoms with Crippen LogP contribution in [-0.4, -0.2) is 25.4 Å². The number of aliphatic hydroxyl groups excluding tert-OH is 1. The quantitative estimate of drug-likeness (QED) is 0.912. The highest BCUT2D eigenvalue weighted by atomic mass is 32.2. The van der Waals surface area contributed by atoms with E-state index >= 15 is 0 Å². The van der Waals surface area contributed by atoms with Crippen LogP contribution in [0, 0.1) is 5.92 Å². The third-order valence-electron chi connectivity index (χ3n) is 3.73. The molecule has 1 aliphatic rings. The van der Waals surface area contributed by atoms with Crippen molar-refractivity contribution in [2.24, 2.45) is 5.92 Å². The largest absolute Gasteiger partial charge is 0.393 e. The van der Waals surface area contributed by atoms with Crippen molar-refractivity contribution >= 4 is 9.84 Å². The maximum absolute atomic E-state index is 12.1. The van der Waals surface area contributed by atoms with Gasteiger partial charge in [-0.15, -0.1) is 0 Å². The molecular weight excluding hydrogens is 248 g/mol. The summed E-state index contributed by atoms with van der Waals surface area (Å²) >= 11 is 0. The van der Waals surface area contributed by atoms with Crippen molar-refractivity contribution in [2.45, 2.75) is 43.1 Å². The Morgan fingerprint density at radius 1 is 1.11 bits per heavy atom. The highest BCUT2D eigenvalue weighted by Crippen LogP contribution is 2.28. The van der Waals surface area contributed by atoms with Gasteiger partial charge in [0.05, 0.1) is 16.8 Å². The summed E-state index contributed by atoms with van der Waals surface area (Å²) in [5, 5.41) is 9.84. The van der Waals surface area contributed by atoms with Gasteiger partial charge in [-0.2, -0.15) is 0 Å². The molecule has 0 aliphatic heterocycles. The van der Waals surface area contributed by atoms with Crippen LogP contribution in [0.25, 0.3) is 0 Å². The molecule has 1 aromatic carbocycles. The summed E-state index contributed by atoms with van der Waals surface area (Å²) in [7, 11) is -3.19. The fourth-order valence-corrected chi connectivity index (χ4v) is 4.00. The molecule has 3 nitrogen and oxygen atoms in total. The van der Waals surface area contributed by atoms with Gasteiger partial charge < -0.3 is 5.11 Å². The lowest BCUT2D eigenvalue weighted by Crippen LogP contribution is -2.26. The average Bonchev–Trinajstić information content (AvgIpc) is 2.39. The smallest absolute Gasteiger partial charge is 0.178 e.